The predicted octanol–water partition coefficient (Wildman–Crippen LogP) is 1.52. The highest BCUT2D eigenvalue weighted by molar-refractivity contribution is 5.30. The summed E-state index contributed by atoms with van der Waals surface area (Å²) in [5.41, 5.74) is 1.39. The van der Waals surface area contributed by atoms with Crippen molar-refractivity contribution < 1.29 is 9.84 Å². The Morgan fingerprint density at radius 1 is 1.31 bits per heavy atom. The van der Waals surface area contributed by atoms with Crippen LogP contribution in [0.5, 0.6) is 5.75 Å². The summed E-state index contributed by atoms with van der Waals surface area (Å²) in [4.78, 5) is 0. The molecule has 2 rings (SSSR count). The zero-order chi connectivity index (χ0) is 11.4. The lowest BCUT2D eigenvalue weighted by molar-refractivity contribution is 0.244. The largest absolute Gasteiger partial charge is 0.497 e. The SMILES string of the molecule is COc1ccc(C2CC(NCCO)C2)cc1. The summed E-state index contributed by atoms with van der Waals surface area (Å²) in [6.45, 7) is 0.934. The number of hydrogen-bond acceptors (Lipinski definition) is 3. The van der Waals surface area contributed by atoms with Crippen LogP contribution in [-0.2, 0) is 0 Å². The molecule has 0 spiro atoms. The van der Waals surface area contributed by atoms with Crippen molar-refractivity contribution in [2.45, 2.75) is 24.8 Å². The molecule has 1 aliphatic rings. The second kappa shape index (κ2) is 5.32. The summed E-state index contributed by atoms with van der Waals surface area (Å²) >= 11 is 0. The first-order valence-corrected chi connectivity index (χ1v) is 5.81. The molecule has 1 aliphatic carbocycles. The average molecular weight is 221 g/mol. The van der Waals surface area contributed by atoms with Gasteiger partial charge in [-0.2, -0.15) is 0 Å². The van der Waals surface area contributed by atoms with Crippen LogP contribution in [0.3, 0.4) is 0 Å². The van der Waals surface area contributed by atoms with Gasteiger partial charge in [-0.15, -0.1) is 0 Å². The van der Waals surface area contributed by atoms with E-state index in [0.717, 1.165) is 5.75 Å². The Labute approximate surface area is 96.4 Å². The summed E-state index contributed by atoms with van der Waals surface area (Å²) in [6.07, 6.45) is 2.35. The molecular weight excluding hydrogens is 202 g/mol. The van der Waals surface area contributed by atoms with E-state index >= 15 is 0 Å². The summed E-state index contributed by atoms with van der Waals surface area (Å²) in [5.74, 6) is 1.58. The first kappa shape index (κ1) is 11.4. The maximum absolute atomic E-state index is 8.70. The van der Waals surface area contributed by atoms with Gasteiger partial charge in [-0.25, -0.2) is 0 Å². The van der Waals surface area contributed by atoms with Crippen LogP contribution < -0.4 is 10.1 Å². The number of rotatable bonds is 5. The molecule has 0 atom stereocenters. The van der Waals surface area contributed by atoms with Crippen molar-refractivity contribution in [1.29, 1.82) is 0 Å². The molecule has 88 valence electrons. The van der Waals surface area contributed by atoms with E-state index in [1.54, 1.807) is 7.11 Å². The van der Waals surface area contributed by atoms with Gasteiger partial charge in [-0.05, 0) is 36.5 Å². The molecule has 1 aromatic carbocycles. The van der Waals surface area contributed by atoms with Gasteiger partial charge in [0.05, 0.1) is 13.7 Å². The molecule has 1 fully saturated rings. The van der Waals surface area contributed by atoms with Gasteiger partial charge in [-0.1, -0.05) is 12.1 Å². The van der Waals surface area contributed by atoms with Crippen LogP contribution in [0.15, 0.2) is 24.3 Å². The number of hydrogen-bond donors (Lipinski definition) is 2. The third-order valence-corrected chi connectivity index (χ3v) is 3.27. The first-order chi connectivity index (χ1) is 7.83. The van der Waals surface area contributed by atoms with Gasteiger partial charge in [0.15, 0.2) is 0 Å². The van der Waals surface area contributed by atoms with Gasteiger partial charge >= 0.3 is 0 Å². The van der Waals surface area contributed by atoms with Crippen molar-refractivity contribution in [3.8, 4) is 5.75 Å². The summed E-state index contributed by atoms with van der Waals surface area (Å²) < 4.78 is 5.13. The lowest BCUT2D eigenvalue weighted by atomic mass is 9.76. The smallest absolute Gasteiger partial charge is 0.118 e. The molecule has 0 aromatic heterocycles. The Hall–Kier alpha value is -1.06. The highest BCUT2D eigenvalue weighted by Crippen LogP contribution is 2.37. The van der Waals surface area contributed by atoms with Crippen molar-refractivity contribution in [2.24, 2.45) is 0 Å². The second-order valence-corrected chi connectivity index (χ2v) is 4.32. The molecule has 2 N–H and O–H groups in total. The molecule has 0 amide bonds. The maximum Gasteiger partial charge on any atom is 0.118 e. The molecule has 3 nitrogen and oxygen atoms in total. The molecule has 0 radical (unpaired) electrons. The lowest BCUT2D eigenvalue weighted by Gasteiger charge is -2.36. The minimum atomic E-state index is 0.226. The highest BCUT2D eigenvalue weighted by atomic mass is 16.5. The van der Waals surface area contributed by atoms with Crippen molar-refractivity contribution in [2.75, 3.05) is 20.3 Å². The summed E-state index contributed by atoms with van der Waals surface area (Å²) in [7, 11) is 1.69. The van der Waals surface area contributed by atoms with Gasteiger partial charge < -0.3 is 15.2 Å². The quantitative estimate of drug-likeness (QED) is 0.792. The predicted molar refractivity (Wildman–Crippen MR) is 63.8 cm³/mol. The van der Waals surface area contributed by atoms with E-state index in [2.05, 4.69) is 17.4 Å². The molecule has 1 saturated carbocycles. The number of methoxy groups -OCH3 is 1. The van der Waals surface area contributed by atoms with Crippen molar-refractivity contribution in [3.05, 3.63) is 29.8 Å². The zero-order valence-electron chi connectivity index (χ0n) is 9.65. The van der Waals surface area contributed by atoms with E-state index < -0.39 is 0 Å². The molecule has 0 aliphatic heterocycles. The molecular formula is C13H19NO2. The molecule has 0 unspecified atom stereocenters. The van der Waals surface area contributed by atoms with E-state index in [4.69, 9.17) is 9.84 Å². The number of aliphatic hydroxyl groups is 1. The van der Waals surface area contributed by atoms with Crippen LogP contribution in [0, 0.1) is 0 Å². The average Bonchev–Trinajstić information content (AvgIpc) is 2.28. The van der Waals surface area contributed by atoms with E-state index in [1.807, 2.05) is 12.1 Å². The van der Waals surface area contributed by atoms with E-state index in [0.29, 0.717) is 18.5 Å². The topological polar surface area (TPSA) is 41.5 Å². The Kier molecular flexibility index (Phi) is 3.80. The molecule has 0 saturated heterocycles. The van der Waals surface area contributed by atoms with Gasteiger partial charge in [0.2, 0.25) is 0 Å². The number of benzene rings is 1. The van der Waals surface area contributed by atoms with Gasteiger partial charge in [0.1, 0.15) is 5.75 Å². The fourth-order valence-corrected chi connectivity index (χ4v) is 2.20. The van der Waals surface area contributed by atoms with Gasteiger partial charge in [-0.3, -0.25) is 0 Å². The first-order valence-electron chi connectivity index (χ1n) is 5.81. The molecule has 0 heterocycles. The van der Waals surface area contributed by atoms with Crippen molar-refractivity contribution >= 4 is 0 Å². The van der Waals surface area contributed by atoms with E-state index in [9.17, 15) is 0 Å². The Bertz CT molecular complexity index is 317. The fraction of sp³-hybridized carbons (Fsp3) is 0.538. The van der Waals surface area contributed by atoms with Gasteiger partial charge in [0, 0.05) is 12.6 Å². The van der Waals surface area contributed by atoms with Crippen LogP contribution in [0.25, 0.3) is 0 Å². The monoisotopic (exact) mass is 221 g/mol. The van der Waals surface area contributed by atoms with E-state index in [1.165, 1.54) is 18.4 Å². The minimum Gasteiger partial charge on any atom is -0.497 e. The number of ether oxygens (including phenoxy) is 1. The highest BCUT2D eigenvalue weighted by Gasteiger charge is 2.29. The van der Waals surface area contributed by atoms with Crippen LogP contribution in [-0.4, -0.2) is 31.4 Å². The molecule has 16 heavy (non-hydrogen) atoms. The standard InChI is InChI=1S/C13H19NO2/c1-16-13-4-2-10(3-5-13)11-8-12(9-11)14-6-7-15/h2-5,11-12,14-15H,6-9H2,1H3. The Morgan fingerprint density at radius 2 is 2.00 bits per heavy atom. The van der Waals surface area contributed by atoms with Crippen LogP contribution in [0.4, 0.5) is 0 Å². The van der Waals surface area contributed by atoms with Crippen LogP contribution in [0.2, 0.25) is 0 Å². The number of aliphatic hydroxyl groups excluding tert-OH is 1. The summed E-state index contributed by atoms with van der Waals surface area (Å²) in [5, 5.41) is 12.0. The number of nitrogens with one attached hydrogen (secondary N) is 1. The molecule has 1 aromatic rings. The molecule has 3 heteroatoms. The fourth-order valence-electron chi connectivity index (χ4n) is 2.20. The minimum absolute atomic E-state index is 0.226. The van der Waals surface area contributed by atoms with Crippen LogP contribution >= 0.6 is 0 Å². The zero-order valence-corrected chi connectivity index (χ0v) is 9.65. The third kappa shape index (κ3) is 2.54. The van der Waals surface area contributed by atoms with Crippen molar-refractivity contribution in [1.82, 2.24) is 5.32 Å². The second-order valence-electron chi connectivity index (χ2n) is 4.32. The van der Waals surface area contributed by atoms with Crippen LogP contribution in [0.1, 0.15) is 24.3 Å². The van der Waals surface area contributed by atoms with E-state index in [-0.39, 0.29) is 6.61 Å². The lowest BCUT2D eigenvalue weighted by Crippen LogP contribution is -2.41. The van der Waals surface area contributed by atoms with Gasteiger partial charge in [0.25, 0.3) is 0 Å². The molecule has 0 bridgehead atoms. The van der Waals surface area contributed by atoms with Crippen molar-refractivity contribution in [3.63, 3.8) is 0 Å². The summed E-state index contributed by atoms with van der Waals surface area (Å²) in [6, 6.07) is 8.91. The Balaban J connectivity index is 1.82. The normalized spacial score (nSPS) is 23.9. The Morgan fingerprint density at radius 3 is 2.56 bits per heavy atom. The maximum atomic E-state index is 8.70. The third-order valence-electron chi connectivity index (χ3n) is 3.27.